The lowest BCUT2D eigenvalue weighted by atomic mass is 10.1. The molecule has 0 bridgehead atoms. The number of nitrogens with one attached hydrogen (secondary N) is 1. The van der Waals surface area contributed by atoms with Crippen LogP contribution in [-0.4, -0.2) is 12.5 Å². The molecule has 0 unspecified atom stereocenters. The number of guanidine groups is 1. The van der Waals surface area contributed by atoms with Gasteiger partial charge in [0.15, 0.2) is 5.96 Å². The van der Waals surface area contributed by atoms with E-state index >= 15 is 0 Å². The molecule has 6 heteroatoms. The van der Waals surface area contributed by atoms with Gasteiger partial charge in [0.05, 0.1) is 5.56 Å². The van der Waals surface area contributed by atoms with Crippen LogP contribution in [0, 0.1) is 18.8 Å². The Kier molecular flexibility index (Phi) is 5.48. The number of nitrogens with two attached hydrogens (primary N) is 1. The van der Waals surface area contributed by atoms with E-state index in [1.807, 2.05) is 31.2 Å². The second kappa shape index (κ2) is 7.55. The lowest BCUT2D eigenvalue weighted by Gasteiger charge is -2.05. The summed E-state index contributed by atoms with van der Waals surface area (Å²) in [5, 5.41) is 2.91. The number of aliphatic imine (C=N–C) groups is 1. The number of halogens is 3. The SMILES string of the molecule is Cc1ccc(NC(N)=NCC#Cc2cccc(C(F)(F)F)c2)cc1. The number of hydrogen-bond donors (Lipinski definition) is 2. The molecule has 3 nitrogen and oxygen atoms in total. The summed E-state index contributed by atoms with van der Waals surface area (Å²) in [5.41, 5.74) is 7.21. The van der Waals surface area contributed by atoms with Crippen molar-refractivity contribution in [2.75, 3.05) is 11.9 Å². The van der Waals surface area contributed by atoms with Gasteiger partial charge in [-0.25, -0.2) is 4.99 Å². The van der Waals surface area contributed by atoms with Crippen LogP contribution in [0.25, 0.3) is 0 Å². The van der Waals surface area contributed by atoms with Crippen LogP contribution in [-0.2, 0) is 6.18 Å². The summed E-state index contributed by atoms with van der Waals surface area (Å²) in [7, 11) is 0. The quantitative estimate of drug-likeness (QED) is 0.500. The average Bonchev–Trinajstić information content (AvgIpc) is 2.53. The van der Waals surface area contributed by atoms with Crippen LogP contribution in [0.2, 0.25) is 0 Å². The van der Waals surface area contributed by atoms with Gasteiger partial charge in [0, 0.05) is 11.3 Å². The number of benzene rings is 2. The zero-order chi connectivity index (χ0) is 17.6. The Labute approximate surface area is 138 Å². The van der Waals surface area contributed by atoms with Crippen LogP contribution in [0.5, 0.6) is 0 Å². The fourth-order valence-electron chi connectivity index (χ4n) is 1.86. The van der Waals surface area contributed by atoms with Crippen LogP contribution in [0.3, 0.4) is 0 Å². The Bertz CT molecular complexity index is 782. The maximum Gasteiger partial charge on any atom is 0.416 e. The smallest absolute Gasteiger partial charge is 0.370 e. The lowest BCUT2D eigenvalue weighted by molar-refractivity contribution is -0.137. The first kappa shape index (κ1) is 17.4. The minimum atomic E-state index is -4.38. The van der Waals surface area contributed by atoms with Crippen molar-refractivity contribution >= 4 is 11.6 Å². The first-order valence-electron chi connectivity index (χ1n) is 7.14. The van der Waals surface area contributed by atoms with Gasteiger partial charge in [0.25, 0.3) is 0 Å². The fourth-order valence-corrected chi connectivity index (χ4v) is 1.86. The van der Waals surface area contributed by atoms with Crippen LogP contribution < -0.4 is 11.1 Å². The normalized spacial score (nSPS) is 11.6. The molecule has 0 aliphatic rings. The van der Waals surface area contributed by atoms with Crippen molar-refractivity contribution in [1.82, 2.24) is 0 Å². The van der Waals surface area contributed by atoms with Gasteiger partial charge < -0.3 is 11.1 Å². The molecule has 124 valence electrons. The van der Waals surface area contributed by atoms with Gasteiger partial charge in [-0.3, -0.25) is 0 Å². The third kappa shape index (κ3) is 5.36. The number of aryl methyl sites for hydroxylation is 1. The molecule has 2 aromatic rings. The Morgan fingerprint density at radius 3 is 2.54 bits per heavy atom. The van der Waals surface area contributed by atoms with Crippen LogP contribution in [0.4, 0.5) is 18.9 Å². The molecule has 0 aromatic heterocycles. The van der Waals surface area contributed by atoms with Crippen LogP contribution >= 0.6 is 0 Å². The van der Waals surface area contributed by atoms with Crippen molar-refractivity contribution in [3.05, 3.63) is 65.2 Å². The average molecular weight is 331 g/mol. The highest BCUT2D eigenvalue weighted by Gasteiger charge is 2.30. The van der Waals surface area contributed by atoms with E-state index in [-0.39, 0.29) is 18.1 Å². The van der Waals surface area contributed by atoms with E-state index in [1.54, 1.807) is 0 Å². The molecular weight excluding hydrogens is 315 g/mol. The van der Waals surface area contributed by atoms with Crippen molar-refractivity contribution in [1.29, 1.82) is 0 Å². The van der Waals surface area contributed by atoms with E-state index < -0.39 is 11.7 Å². The monoisotopic (exact) mass is 331 g/mol. The molecule has 0 aliphatic heterocycles. The Balaban J connectivity index is 1.96. The molecule has 0 amide bonds. The molecule has 0 heterocycles. The van der Waals surface area contributed by atoms with Gasteiger partial charge in [0.2, 0.25) is 0 Å². The van der Waals surface area contributed by atoms with Gasteiger partial charge in [-0.2, -0.15) is 13.2 Å². The molecule has 3 N–H and O–H groups in total. The van der Waals surface area contributed by atoms with E-state index in [0.29, 0.717) is 0 Å². The third-order valence-electron chi connectivity index (χ3n) is 3.08. The second-order valence-electron chi connectivity index (χ2n) is 5.07. The van der Waals surface area contributed by atoms with Crippen LogP contribution in [0.1, 0.15) is 16.7 Å². The topological polar surface area (TPSA) is 50.4 Å². The fraction of sp³-hybridized carbons (Fsp3) is 0.167. The highest BCUT2D eigenvalue weighted by atomic mass is 19.4. The zero-order valence-corrected chi connectivity index (χ0v) is 13.0. The molecule has 0 radical (unpaired) electrons. The predicted octanol–water partition coefficient (Wildman–Crippen LogP) is 3.79. The molecule has 0 saturated carbocycles. The largest absolute Gasteiger partial charge is 0.416 e. The summed E-state index contributed by atoms with van der Waals surface area (Å²) in [6.07, 6.45) is -4.38. The molecule has 0 atom stereocenters. The second-order valence-corrected chi connectivity index (χ2v) is 5.07. The molecular formula is C18H16F3N3. The molecule has 0 aliphatic carbocycles. The van der Waals surface area contributed by atoms with E-state index in [9.17, 15) is 13.2 Å². The number of hydrogen-bond acceptors (Lipinski definition) is 1. The van der Waals surface area contributed by atoms with Gasteiger partial charge in [-0.05, 0) is 37.3 Å². The van der Waals surface area contributed by atoms with Gasteiger partial charge in [-0.15, -0.1) is 0 Å². The van der Waals surface area contributed by atoms with E-state index in [0.717, 1.165) is 23.4 Å². The molecule has 24 heavy (non-hydrogen) atoms. The van der Waals surface area contributed by atoms with E-state index in [1.165, 1.54) is 12.1 Å². The highest BCUT2D eigenvalue weighted by molar-refractivity contribution is 5.92. The summed E-state index contributed by atoms with van der Waals surface area (Å²) < 4.78 is 37.8. The van der Waals surface area contributed by atoms with Crippen molar-refractivity contribution in [3.8, 4) is 11.8 Å². The number of anilines is 1. The Hall–Kier alpha value is -2.94. The third-order valence-corrected chi connectivity index (χ3v) is 3.08. The van der Waals surface area contributed by atoms with E-state index in [4.69, 9.17) is 5.73 Å². The van der Waals surface area contributed by atoms with Crippen molar-refractivity contribution in [3.63, 3.8) is 0 Å². The molecule has 2 aromatic carbocycles. The molecule has 0 fully saturated rings. The summed E-state index contributed by atoms with van der Waals surface area (Å²) in [5.74, 6) is 5.52. The highest BCUT2D eigenvalue weighted by Crippen LogP contribution is 2.29. The molecule has 2 rings (SSSR count). The summed E-state index contributed by atoms with van der Waals surface area (Å²) in [4.78, 5) is 4.02. The van der Waals surface area contributed by atoms with Gasteiger partial charge in [0.1, 0.15) is 6.54 Å². The summed E-state index contributed by atoms with van der Waals surface area (Å²) in [6.45, 7) is 2.06. The minimum Gasteiger partial charge on any atom is -0.370 e. The zero-order valence-electron chi connectivity index (χ0n) is 13.0. The summed E-state index contributed by atoms with van der Waals surface area (Å²) in [6, 6.07) is 12.4. The molecule has 0 saturated heterocycles. The van der Waals surface area contributed by atoms with Gasteiger partial charge in [-0.1, -0.05) is 35.6 Å². The van der Waals surface area contributed by atoms with Crippen molar-refractivity contribution in [2.24, 2.45) is 10.7 Å². The number of alkyl halides is 3. The number of nitrogens with zero attached hydrogens (tertiary/aromatic N) is 1. The number of rotatable bonds is 2. The summed E-state index contributed by atoms with van der Waals surface area (Å²) >= 11 is 0. The first-order chi connectivity index (χ1) is 11.3. The lowest BCUT2D eigenvalue weighted by Crippen LogP contribution is -2.22. The van der Waals surface area contributed by atoms with E-state index in [2.05, 4.69) is 22.2 Å². The maximum absolute atomic E-state index is 12.6. The Morgan fingerprint density at radius 2 is 1.88 bits per heavy atom. The van der Waals surface area contributed by atoms with Crippen molar-refractivity contribution in [2.45, 2.75) is 13.1 Å². The first-order valence-corrected chi connectivity index (χ1v) is 7.14. The predicted molar refractivity (Wildman–Crippen MR) is 89.6 cm³/mol. The van der Waals surface area contributed by atoms with Crippen molar-refractivity contribution < 1.29 is 13.2 Å². The maximum atomic E-state index is 12.6. The molecule has 0 spiro atoms. The Morgan fingerprint density at radius 1 is 1.17 bits per heavy atom. The van der Waals surface area contributed by atoms with Gasteiger partial charge >= 0.3 is 6.18 Å². The standard InChI is InChI=1S/C18H16F3N3/c1-13-7-9-16(10-8-13)24-17(22)23-11-3-5-14-4-2-6-15(12-14)18(19,20)21/h2,4,6-10,12H,11H2,1H3,(H3,22,23,24). The minimum absolute atomic E-state index is 0.0843. The van der Waals surface area contributed by atoms with Crippen LogP contribution in [0.15, 0.2) is 53.5 Å².